The van der Waals surface area contributed by atoms with Crippen LogP contribution < -0.4 is 4.74 Å². The average Bonchev–Trinajstić information content (AvgIpc) is 3.55. The van der Waals surface area contributed by atoms with E-state index in [1.165, 1.54) is 20.0 Å². The van der Waals surface area contributed by atoms with E-state index in [2.05, 4.69) is 25.7 Å². The number of hydrogen-bond donors (Lipinski definition) is 0. The minimum absolute atomic E-state index is 0.117. The second-order valence-electron chi connectivity index (χ2n) is 11.8. The molecule has 2 aliphatic heterocycles. The van der Waals surface area contributed by atoms with E-state index in [4.69, 9.17) is 14.2 Å². The second-order valence-corrected chi connectivity index (χ2v) is 12.6. The van der Waals surface area contributed by atoms with Crippen molar-refractivity contribution in [2.45, 2.75) is 64.8 Å². The van der Waals surface area contributed by atoms with E-state index in [0.29, 0.717) is 18.2 Å². The third kappa shape index (κ3) is 5.51. The lowest BCUT2D eigenvalue weighted by molar-refractivity contribution is 0.0445. The summed E-state index contributed by atoms with van der Waals surface area (Å²) < 4.78 is 18.9. The van der Waals surface area contributed by atoms with Crippen LogP contribution in [0.3, 0.4) is 0 Å². The van der Waals surface area contributed by atoms with Crippen LogP contribution in [-0.4, -0.2) is 71.9 Å². The van der Waals surface area contributed by atoms with Crippen LogP contribution in [0.1, 0.15) is 66.7 Å². The summed E-state index contributed by atoms with van der Waals surface area (Å²) >= 11 is 3.60. The normalized spacial score (nSPS) is 20.0. The highest BCUT2D eigenvalue weighted by Gasteiger charge is 2.38. The number of nitrogens with zero attached hydrogens (tertiary/aromatic N) is 3. The molecule has 0 N–H and O–H groups in total. The molecule has 2 saturated heterocycles. The van der Waals surface area contributed by atoms with Gasteiger partial charge in [-0.3, -0.25) is 14.4 Å². The smallest absolute Gasteiger partial charge is 0.419 e. The molecule has 2 fully saturated rings. The minimum Gasteiger partial charge on any atom is -0.496 e. The van der Waals surface area contributed by atoms with Crippen LogP contribution in [0.4, 0.5) is 4.79 Å². The summed E-state index contributed by atoms with van der Waals surface area (Å²) in [6.45, 7) is 11.2. The first kappa shape index (κ1) is 28.6. The first-order valence-electron chi connectivity index (χ1n) is 13.8. The van der Waals surface area contributed by atoms with Crippen molar-refractivity contribution < 1.29 is 23.8 Å². The third-order valence-corrected chi connectivity index (χ3v) is 8.63. The predicted octanol–water partition coefficient (Wildman–Crippen LogP) is 6.31. The van der Waals surface area contributed by atoms with Crippen molar-refractivity contribution >= 4 is 38.9 Å². The monoisotopic (exact) mass is 611 g/mol. The summed E-state index contributed by atoms with van der Waals surface area (Å²) in [7, 11) is 3.09. The van der Waals surface area contributed by atoms with Crippen LogP contribution in [0.25, 0.3) is 10.9 Å². The van der Waals surface area contributed by atoms with Gasteiger partial charge >= 0.3 is 12.1 Å². The summed E-state index contributed by atoms with van der Waals surface area (Å²) in [5.41, 5.74) is 3.89. The first-order chi connectivity index (χ1) is 19.0. The van der Waals surface area contributed by atoms with Gasteiger partial charge in [0, 0.05) is 53.3 Å². The highest BCUT2D eigenvalue weighted by atomic mass is 79.9. The Labute approximate surface area is 244 Å². The standard InChI is InChI=1S/C31H38BrN3O5/c1-19-14-27(38-5)24(22-11-13-35(28(19)22)30(37)40-31(2,3)4)17-34-16-21-8-7-12-33(21)18-26(34)20-9-10-23(25(32)15-20)29(36)39-6/h9-11,13-15,21,26H,7-8,12,16-18H2,1-6H3/t21-,26-/m0/s1. The number of hydrogen-bond acceptors (Lipinski definition) is 7. The summed E-state index contributed by atoms with van der Waals surface area (Å²) in [4.78, 5) is 30.4. The number of fused-ring (bicyclic) bond motifs is 2. The summed E-state index contributed by atoms with van der Waals surface area (Å²) in [6.07, 6.45) is 3.79. The van der Waals surface area contributed by atoms with Crippen LogP contribution in [0.5, 0.6) is 5.75 Å². The van der Waals surface area contributed by atoms with Gasteiger partial charge in [0.1, 0.15) is 11.4 Å². The lowest BCUT2D eigenvalue weighted by Crippen LogP contribution is -2.51. The van der Waals surface area contributed by atoms with Gasteiger partial charge in [-0.05, 0) is 98.4 Å². The van der Waals surface area contributed by atoms with Crippen molar-refractivity contribution in [3.8, 4) is 5.75 Å². The Kier molecular flexibility index (Phi) is 8.01. The van der Waals surface area contributed by atoms with Gasteiger partial charge in [0.05, 0.1) is 25.3 Å². The number of methoxy groups -OCH3 is 2. The van der Waals surface area contributed by atoms with Crippen molar-refractivity contribution in [2.24, 2.45) is 0 Å². The van der Waals surface area contributed by atoms with Crippen LogP contribution in [-0.2, 0) is 16.0 Å². The number of rotatable bonds is 5. The Bertz CT molecular complexity index is 1440. The Morgan fingerprint density at radius 1 is 1.10 bits per heavy atom. The van der Waals surface area contributed by atoms with Crippen molar-refractivity contribution in [3.05, 3.63) is 63.3 Å². The van der Waals surface area contributed by atoms with Gasteiger partial charge < -0.3 is 14.2 Å². The molecule has 0 spiro atoms. The molecule has 214 valence electrons. The molecule has 3 aromatic rings. The maximum atomic E-state index is 13.1. The summed E-state index contributed by atoms with van der Waals surface area (Å²) in [5.74, 6) is 0.446. The zero-order valence-electron chi connectivity index (χ0n) is 24.1. The fourth-order valence-electron chi connectivity index (χ4n) is 6.16. The maximum absolute atomic E-state index is 13.1. The zero-order chi connectivity index (χ0) is 28.8. The molecule has 40 heavy (non-hydrogen) atoms. The number of carbonyl (C=O) groups is 2. The average molecular weight is 613 g/mol. The Hall–Kier alpha value is -2.88. The van der Waals surface area contributed by atoms with Crippen molar-refractivity contribution in [1.29, 1.82) is 0 Å². The first-order valence-corrected chi connectivity index (χ1v) is 14.6. The topological polar surface area (TPSA) is 73.2 Å². The molecule has 0 bridgehead atoms. The predicted molar refractivity (Wildman–Crippen MR) is 158 cm³/mol. The molecule has 9 heteroatoms. The van der Waals surface area contributed by atoms with E-state index < -0.39 is 11.7 Å². The molecule has 0 aliphatic carbocycles. The number of carbonyl (C=O) groups excluding carboxylic acids is 2. The molecule has 2 aliphatic rings. The fourth-order valence-corrected chi connectivity index (χ4v) is 6.72. The zero-order valence-corrected chi connectivity index (χ0v) is 25.7. The Balaban J connectivity index is 1.55. The van der Waals surface area contributed by atoms with E-state index in [0.717, 1.165) is 57.4 Å². The molecule has 0 unspecified atom stereocenters. The van der Waals surface area contributed by atoms with Crippen molar-refractivity contribution in [1.82, 2.24) is 14.4 Å². The number of halogens is 1. The van der Waals surface area contributed by atoms with E-state index >= 15 is 0 Å². The quantitative estimate of drug-likeness (QED) is 0.313. The molecular weight excluding hydrogens is 574 g/mol. The van der Waals surface area contributed by atoms with Crippen LogP contribution in [0.2, 0.25) is 0 Å². The molecule has 0 radical (unpaired) electrons. The highest BCUT2D eigenvalue weighted by Crippen LogP contribution is 2.39. The van der Waals surface area contributed by atoms with E-state index in [9.17, 15) is 9.59 Å². The largest absolute Gasteiger partial charge is 0.496 e. The van der Waals surface area contributed by atoms with Gasteiger partial charge in [0.2, 0.25) is 0 Å². The number of aromatic nitrogens is 1. The van der Waals surface area contributed by atoms with E-state index in [1.807, 2.05) is 58.0 Å². The lowest BCUT2D eigenvalue weighted by Gasteiger charge is -2.44. The molecule has 3 heterocycles. The maximum Gasteiger partial charge on any atom is 0.419 e. The Morgan fingerprint density at radius 3 is 2.55 bits per heavy atom. The van der Waals surface area contributed by atoms with Crippen LogP contribution in [0.15, 0.2) is 41.0 Å². The van der Waals surface area contributed by atoms with Gasteiger partial charge in [0.25, 0.3) is 0 Å². The second kappa shape index (κ2) is 11.2. The Morgan fingerprint density at radius 2 is 1.88 bits per heavy atom. The molecule has 2 atom stereocenters. The van der Waals surface area contributed by atoms with Crippen molar-refractivity contribution in [3.63, 3.8) is 0 Å². The lowest BCUT2D eigenvalue weighted by atomic mass is 9.96. The number of ether oxygens (including phenoxy) is 3. The van der Waals surface area contributed by atoms with Gasteiger partial charge in [-0.1, -0.05) is 6.07 Å². The summed E-state index contributed by atoms with van der Waals surface area (Å²) in [6, 6.07) is 10.5. The third-order valence-electron chi connectivity index (χ3n) is 7.98. The molecule has 0 amide bonds. The number of benzene rings is 2. The van der Waals surface area contributed by atoms with Crippen LogP contribution >= 0.6 is 15.9 Å². The summed E-state index contributed by atoms with van der Waals surface area (Å²) in [5, 5.41) is 0.984. The number of esters is 1. The SMILES string of the molecule is COC(=O)c1ccc([C@@H]2CN3CCC[C@H]3CN2Cc2c(OC)cc(C)c3c2ccn3C(=O)OC(C)(C)C)cc1Br. The van der Waals surface area contributed by atoms with Gasteiger partial charge in [-0.2, -0.15) is 0 Å². The molecule has 2 aromatic carbocycles. The molecular formula is C31H38BrN3O5. The highest BCUT2D eigenvalue weighted by molar-refractivity contribution is 9.10. The number of aryl methyl sites for hydroxylation is 1. The molecule has 8 nitrogen and oxygen atoms in total. The molecule has 0 saturated carbocycles. The van der Waals surface area contributed by atoms with Crippen molar-refractivity contribution in [2.75, 3.05) is 33.9 Å². The van der Waals surface area contributed by atoms with Crippen LogP contribution in [0, 0.1) is 6.92 Å². The fraction of sp³-hybridized carbons (Fsp3) is 0.484. The minimum atomic E-state index is -0.594. The van der Waals surface area contributed by atoms with Gasteiger partial charge in [-0.25, -0.2) is 9.59 Å². The van der Waals surface area contributed by atoms with E-state index in [1.54, 1.807) is 17.9 Å². The van der Waals surface area contributed by atoms with Gasteiger partial charge in [0.15, 0.2) is 0 Å². The van der Waals surface area contributed by atoms with Gasteiger partial charge in [-0.15, -0.1) is 0 Å². The molecule has 5 rings (SSSR count). The molecule has 1 aromatic heterocycles. The number of piperazine rings is 1. The van der Waals surface area contributed by atoms with E-state index in [-0.39, 0.29) is 12.0 Å².